The van der Waals surface area contributed by atoms with Gasteiger partial charge in [0.15, 0.2) is 0 Å². The lowest BCUT2D eigenvalue weighted by molar-refractivity contribution is 0.129. The number of rotatable bonds is 2. The van der Waals surface area contributed by atoms with Gasteiger partial charge in [-0.2, -0.15) is 0 Å². The summed E-state index contributed by atoms with van der Waals surface area (Å²) >= 11 is 3.68. The lowest BCUT2D eigenvalue weighted by Crippen LogP contribution is -2.29. The second-order valence-electron chi connectivity index (χ2n) is 7.56. The summed E-state index contributed by atoms with van der Waals surface area (Å²) in [5.41, 5.74) is 5.91. The van der Waals surface area contributed by atoms with E-state index < -0.39 is 5.60 Å². The van der Waals surface area contributed by atoms with Gasteiger partial charge in [0.1, 0.15) is 5.60 Å². The highest BCUT2D eigenvalue weighted by atomic mass is 79.9. The van der Waals surface area contributed by atoms with Crippen molar-refractivity contribution < 1.29 is 5.11 Å². The molecule has 0 radical (unpaired) electrons. The topological polar surface area (TPSA) is 20.2 Å². The largest absolute Gasteiger partial charge is 0.376 e. The van der Waals surface area contributed by atoms with E-state index in [0.717, 1.165) is 44.3 Å². The number of fused-ring (bicyclic) bond motifs is 2. The highest BCUT2D eigenvalue weighted by Gasteiger charge is 2.48. The Kier molecular flexibility index (Phi) is 4.05. The molecule has 0 aliphatic heterocycles. The van der Waals surface area contributed by atoms with E-state index in [1.165, 1.54) is 5.57 Å². The first-order valence-corrected chi connectivity index (χ1v) is 10.3. The summed E-state index contributed by atoms with van der Waals surface area (Å²) in [7, 11) is 0. The van der Waals surface area contributed by atoms with Crippen LogP contribution in [0.4, 0.5) is 0 Å². The second kappa shape index (κ2) is 6.48. The highest BCUT2D eigenvalue weighted by Crippen LogP contribution is 2.57. The van der Waals surface area contributed by atoms with Crippen LogP contribution in [0.5, 0.6) is 0 Å². The number of halogens is 1. The summed E-state index contributed by atoms with van der Waals surface area (Å²) < 4.78 is 0.899. The molecule has 0 spiro atoms. The first-order chi connectivity index (χ1) is 13.6. The molecule has 5 rings (SSSR count). The first-order valence-electron chi connectivity index (χ1n) is 9.52. The van der Waals surface area contributed by atoms with Gasteiger partial charge in [-0.1, -0.05) is 89.6 Å². The van der Waals surface area contributed by atoms with Crippen molar-refractivity contribution in [2.75, 3.05) is 0 Å². The van der Waals surface area contributed by atoms with Crippen LogP contribution in [0.3, 0.4) is 0 Å². The van der Waals surface area contributed by atoms with Crippen LogP contribution in [0.15, 0.2) is 82.9 Å². The van der Waals surface area contributed by atoms with Crippen molar-refractivity contribution in [3.05, 3.63) is 117 Å². The second-order valence-corrected chi connectivity index (χ2v) is 8.42. The number of hydrogen-bond acceptors (Lipinski definition) is 1. The molecule has 2 atom stereocenters. The van der Waals surface area contributed by atoms with Gasteiger partial charge >= 0.3 is 0 Å². The normalized spacial score (nSPS) is 23.0. The number of allylic oxidation sites excluding steroid dienone is 2. The maximum absolute atomic E-state index is 12.3. The van der Waals surface area contributed by atoms with E-state index in [1.807, 2.05) is 42.5 Å². The molecule has 28 heavy (non-hydrogen) atoms. The molecule has 0 fully saturated rings. The molecular formula is C26H19BrO. The van der Waals surface area contributed by atoms with E-state index in [9.17, 15) is 5.11 Å². The van der Waals surface area contributed by atoms with Crippen molar-refractivity contribution in [1.29, 1.82) is 0 Å². The quantitative estimate of drug-likeness (QED) is 0.518. The third kappa shape index (κ3) is 2.44. The Morgan fingerprint density at radius 3 is 2.54 bits per heavy atom. The van der Waals surface area contributed by atoms with Crippen molar-refractivity contribution in [2.45, 2.75) is 18.9 Å². The molecule has 1 N–H and O–H groups in total. The van der Waals surface area contributed by atoms with E-state index in [1.54, 1.807) is 0 Å². The van der Waals surface area contributed by atoms with Crippen molar-refractivity contribution in [2.24, 2.45) is 5.92 Å². The molecule has 0 saturated carbocycles. The smallest absolute Gasteiger partial charge is 0.143 e. The van der Waals surface area contributed by atoms with Crippen molar-refractivity contribution in [3.63, 3.8) is 0 Å². The zero-order valence-electron chi connectivity index (χ0n) is 15.5. The summed E-state index contributed by atoms with van der Waals surface area (Å²) in [6.07, 6.45) is 3.19. The summed E-state index contributed by atoms with van der Waals surface area (Å²) in [4.78, 5) is 0. The van der Waals surface area contributed by atoms with Crippen molar-refractivity contribution >= 4 is 27.1 Å². The molecule has 2 aliphatic rings. The van der Waals surface area contributed by atoms with Gasteiger partial charge in [0.25, 0.3) is 0 Å². The molecule has 0 saturated heterocycles. The Balaban J connectivity index is 1.84. The average Bonchev–Trinajstić information content (AvgIpc) is 2.98. The predicted octanol–water partition coefficient (Wildman–Crippen LogP) is 6.18. The highest BCUT2D eigenvalue weighted by molar-refractivity contribution is 9.10. The van der Waals surface area contributed by atoms with E-state index in [-0.39, 0.29) is 0 Å². The monoisotopic (exact) mass is 426 g/mol. The average molecular weight is 427 g/mol. The zero-order chi connectivity index (χ0) is 19.3. The summed E-state index contributed by atoms with van der Waals surface area (Å²) in [5.74, 6) is 0.386. The number of aliphatic hydroxyl groups is 1. The number of benzene rings is 2. The maximum atomic E-state index is 12.3. The lowest BCUT2D eigenvalue weighted by Gasteiger charge is -2.33. The summed E-state index contributed by atoms with van der Waals surface area (Å²) in [5, 5.41) is 12.3. The predicted molar refractivity (Wildman–Crippen MR) is 116 cm³/mol. The van der Waals surface area contributed by atoms with Crippen LogP contribution in [0.25, 0.3) is 11.1 Å². The lowest BCUT2D eigenvalue weighted by atomic mass is 9.75. The first kappa shape index (κ1) is 17.5. The van der Waals surface area contributed by atoms with Gasteiger partial charge in [-0.15, -0.1) is 0 Å². The van der Waals surface area contributed by atoms with Crippen LogP contribution in [-0.4, -0.2) is 5.11 Å². The maximum Gasteiger partial charge on any atom is 0.143 e. The fraction of sp³-hybridized carbons (Fsp3) is 0.154. The van der Waals surface area contributed by atoms with Gasteiger partial charge in [-0.3, -0.25) is 0 Å². The van der Waals surface area contributed by atoms with Gasteiger partial charge in [0.2, 0.25) is 0 Å². The molecule has 2 heteroatoms. The molecule has 0 aromatic heterocycles. The molecule has 1 nitrogen and oxygen atoms in total. The van der Waals surface area contributed by atoms with Crippen LogP contribution in [0.2, 0.25) is 0 Å². The summed E-state index contributed by atoms with van der Waals surface area (Å²) in [6, 6.07) is 28.5. The minimum absolute atomic E-state index is 0.386. The molecule has 0 bridgehead atoms. The van der Waals surface area contributed by atoms with Crippen molar-refractivity contribution in [1.82, 2.24) is 0 Å². The Labute approximate surface area is 174 Å². The van der Waals surface area contributed by atoms with E-state index >= 15 is 0 Å². The minimum Gasteiger partial charge on any atom is -0.376 e. The van der Waals surface area contributed by atoms with E-state index in [0.29, 0.717) is 5.92 Å². The molecular weight excluding hydrogens is 408 g/mol. The SMILES string of the molecule is CC1C=C(c2ccccc2)C2=C(C1)c1c#cccc1C2(O)c1ccccc1Br. The third-order valence-corrected chi connectivity index (χ3v) is 6.44. The van der Waals surface area contributed by atoms with Crippen LogP contribution in [-0.2, 0) is 5.60 Å². The van der Waals surface area contributed by atoms with Gasteiger partial charge in [0.05, 0.1) is 0 Å². The molecule has 0 amide bonds. The summed E-state index contributed by atoms with van der Waals surface area (Å²) in [6.45, 7) is 2.23. The van der Waals surface area contributed by atoms with Crippen LogP contribution < -0.4 is 0 Å². The molecule has 136 valence electrons. The molecule has 2 aliphatic carbocycles. The van der Waals surface area contributed by atoms with Crippen molar-refractivity contribution in [3.8, 4) is 0 Å². The Hall–Kier alpha value is -2.60. The van der Waals surface area contributed by atoms with Crippen LogP contribution >= 0.6 is 15.9 Å². The molecule has 3 aromatic rings. The Morgan fingerprint density at radius 2 is 1.75 bits per heavy atom. The standard InChI is InChI=1S/C26H19BrO/c1-17-15-20(18-9-3-2-4-10-18)25-21(16-17)19-11-5-6-12-22(19)26(25,28)23-13-7-8-14-24(23)27/h2-4,6-10,12-15,17,28H,16H2,1H3. The van der Waals surface area contributed by atoms with Gasteiger partial charge in [-0.25, -0.2) is 0 Å². The molecule has 3 aromatic carbocycles. The molecule has 2 unspecified atom stereocenters. The zero-order valence-corrected chi connectivity index (χ0v) is 17.1. The van der Waals surface area contributed by atoms with Crippen LogP contribution in [0.1, 0.15) is 35.6 Å². The minimum atomic E-state index is -1.22. The van der Waals surface area contributed by atoms with E-state index in [4.69, 9.17) is 0 Å². The third-order valence-electron chi connectivity index (χ3n) is 5.75. The Bertz CT molecular complexity index is 1130. The van der Waals surface area contributed by atoms with Gasteiger partial charge in [-0.05, 0) is 47.2 Å². The fourth-order valence-corrected chi connectivity index (χ4v) is 5.18. The Morgan fingerprint density at radius 1 is 1.00 bits per heavy atom. The van der Waals surface area contributed by atoms with E-state index in [2.05, 4.69) is 65.3 Å². The van der Waals surface area contributed by atoms with Gasteiger partial charge in [0, 0.05) is 26.7 Å². The van der Waals surface area contributed by atoms with Gasteiger partial charge < -0.3 is 5.11 Å². The molecule has 0 heterocycles. The number of hydrogen-bond donors (Lipinski definition) is 1. The fourth-order valence-electron chi connectivity index (χ4n) is 4.61. The van der Waals surface area contributed by atoms with Crippen LogP contribution in [0, 0.1) is 18.1 Å².